The van der Waals surface area contributed by atoms with Gasteiger partial charge in [-0.25, -0.2) is 0 Å². The van der Waals surface area contributed by atoms with Crippen molar-refractivity contribution >= 4 is 14.6 Å². The molecule has 0 heterocycles. The second-order valence-corrected chi connectivity index (χ2v) is 2.22. The molecule has 0 aliphatic carbocycles. The van der Waals surface area contributed by atoms with Gasteiger partial charge in [0.15, 0.2) is 7.28 Å². The molecule has 0 aliphatic heterocycles. The molecule has 0 saturated carbocycles. The number of hydrogen-bond acceptors (Lipinski definition) is 2. The number of rotatable bonds is 5. The summed E-state index contributed by atoms with van der Waals surface area (Å²) in [5.74, 6) is 0. The normalized spacial score (nSPS) is 12.8. The summed E-state index contributed by atoms with van der Waals surface area (Å²) in [4.78, 5) is 0. The molecule has 0 fully saturated rings. The van der Waals surface area contributed by atoms with Gasteiger partial charge < -0.3 is 9.84 Å². The average molecular weight is 128 g/mol. The van der Waals surface area contributed by atoms with Gasteiger partial charge in [0.25, 0.3) is 0 Å². The highest BCUT2D eigenvalue weighted by Gasteiger charge is 2.03. The summed E-state index contributed by atoms with van der Waals surface area (Å²) in [7, 11) is 3.47. The van der Waals surface area contributed by atoms with E-state index in [0.29, 0.717) is 6.51 Å². The Morgan fingerprint density at radius 3 is 2.78 bits per heavy atom. The summed E-state index contributed by atoms with van der Waals surface area (Å²) >= 11 is 0. The molecule has 1 unspecified atom stereocenters. The maximum absolute atomic E-state index is 9.10. The van der Waals surface area contributed by atoms with Crippen LogP contribution >= 0.6 is 0 Å². The fourth-order valence-corrected chi connectivity index (χ4v) is 0.731. The van der Waals surface area contributed by atoms with E-state index in [1.54, 1.807) is 7.11 Å². The van der Waals surface area contributed by atoms with E-state index < -0.39 is 0 Å². The van der Waals surface area contributed by atoms with Crippen molar-refractivity contribution in [1.82, 2.24) is 0 Å². The molecule has 0 spiro atoms. The highest BCUT2D eigenvalue weighted by molar-refractivity contribution is 6.42. The third-order valence-corrected chi connectivity index (χ3v) is 1.28. The van der Waals surface area contributed by atoms with Crippen molar-refractivity contribution in [1.29, 1.82) is 0 Å². The fourth-order valence-electron chi connectivity index (χ4n) is 0.731. The minimum Gasteiger partial charge on any atom is -0.402 e. The Bertz CT molecular complexity index is 60.9. The lowest BCUT2D eigenvalue weighted by Crippen LogP contribution is -2.21. The second-order valence-electron chi connectivity index (χ2n) is 2.22. The predicted molar refractivity (Wildman–Crippen MR) is 42.9 cm³/mol. The molecule has 9 heavy (non-hydrogen) atoms. The smallest absolute Gasteiger partial charge is 0.187 e. The summed E-state index contributed by atoms with van der Waals surface area (Å²) in [5, 5.41) is 9.10. The molecule has 0 saturated heterocycles. The zero-order valence-electron chi connectivity index (χ0n) is 6.26. The molecule has 0 amide bonds. The van der Waals surface area contributed by atoms with Gasteiger partial charge in [-0.1, -0.05) is 13.1 Å². The van der Waals surface area contributed by atoms with Crippen molar-refractivity contribution in [3.05, 3.63) is 0 Å². The van der Waals surface area contributed by atoms with Crippen LogP contribution in [0.25, 0.3) is 0 Å². The quantitative estimate of drug-likeness (QED) is 0.493. The highest BCUT2D eigenvalue weighted by Crippen LogP contribution is 1.87. The van der Waals surface area contributed by atoms with Crippen molar-refractivity contribution < 1.29 is 9.84 Å². The van der Waals surface area contributed by atoms with Crippen LogP contribution in [-0.2, 0) is 4.74 Å². The molecule has 0 aromatic heterocycles. The van der Waals surface area contributed by atoms with Crippen LogP contribution < -0.4 is 0 Å². The first kappa shape index (κ1) is 9.05. The molecule has 1 N–H and O–H groups in total. The number of aliphatic hydroxyl groups excluding tert-OH is 1. The lowest BCUT2D eigenvalue weighted by atomic mass is 9.62. The van der Waals surface area contributed by atoms with Crippen LogP contribution in [0.2, 0.25) is 13.1 Å². The van der Waals surface area contributed by atoms with Crippen LogP contribution in [0.4, 0.5) is 0 Å². The van der Waals surface area contributed by atoms with Gasteiger partial charge >= 0.3 is 0 Å². The second kappa shape index (κ2) is 6.17. The Labute approximate surface area is 58.1 Å². The standard InChI is InChI=1S/C5H14B2O2/c1-6-3-5(8)7-4-9-2/h5-8H,3-4H2,1-2H3. The van der Waals surface area contributed by atoms with E-state index in [4.69, 9.17) is 9.84 Å². The zero-order valence-corrected chi connectivity index (χ0v) is 6.26. The maximum atomic E-state index is 9.10. The van der Waals surface area contributed by atoms with Gasteiger partial charge in [0.2, 0.25) is 0 Å². The Kier molecular flexibility index (Phi) is 6.21. The third-order valence-electron chi connectivity index (χ3n) is 1.28. The summed E-state index contributed by atoms with van der Waals surface area (Å²) < 4.78 is 4.80. The van der Waals surface area contributed by atoms with Gasteiger partial charge in [0.05, 0.1) is 0 Å². The lowest BCUT2D eigenvalue weighted by Gasteiger charge is -2.04. The van der Waals surface area contributed by atoms with Gasteiger partial charge in [0, 0.05) is 19.6 Å². The third kappa shape index (κ3) is 5.93. The number of methoxy groups -OCH3 is 1. The molecular weight excluding hydrogens is 114 g/mol. The van der Waals surface area contributed by atoms with Crippen molar-refractivity contribution in [2.75, 3.05) is 13.6 Å². The van der Waals surface area contributed by atoms with E-state index in [2.05, 4.69) is 6.82 Å². The average Bonchev–Trinajstić information content (AvgIpc) is 1.85. The van der Waals surface area contributed by atoms with E-state index in [-0.39, 0.29) is 6.00 Å². The van der Waals surface area contributed by atoms with Crippen molar-refractivity contribution in [3.8, 4) is 0 Å². The molecule has 0 aromatic carbocycles. The summed E-state index contributed by atoms with van der Waals surface area (Å²) in [6.45, 7) is 2.73. The molecule has 52 valence electrons. The minimum atomic E-state index is -0.157. The van der Waals surface area contributed by atoms with E-state index in [9.17, 15) is 0 Å². The first-order chi connectivity index (χ1) is 4.31. The molecule has 0 radical (unpaired) electrons. The van der Waals surface area contributed by atoms with Crippen LogP contribution in [0.1, 0.15) is 0 Å². The maximum Gasteiger partial charge on any atom is 0.187 e. The Balaban J connectivity index is 2.95. The molecule has 0 rings (SSSR count). The van der Waals surface area contributed by atoms with Crippen LogP contribution in [-0.4, -0.2) is 39.3 Å². The molecule has 2 nitrogen and oxygen atoms in total. The van der Waals surface area contributed by atoms with Crippen LogP contribution in [0.3, 0.4) is 0 Å². The number of hydrogen-bond donors (Lipinski definition) is 1. The van der Waals surface area contributed by atoms with Crippen LogP contribution in [0.5, 0.6) is 0 Å². The van der Waals surface area contributed by atoms with Gasteiger partial charge in [0.1, 0.15) is 7.28 Å². The van der Waals surface area contributed by atoms with Gasteiger partial charge in [-0.15, -0.1) is 0 Å². The molecule has 0 bridgehead atoms. The van der Waals surface area contributed by atoms with Gasteiger partial charge in [-0.05, 0) is 0 Å². The zero-order chi connectivity index (χ0) is 7.11. The summed E-state index contributed by atoms with van der Waals surface area (Å²) in [5.41, 5.74) is 0. The Morgan fingerprint density at radius 2 is 2.33 bits per heavy atom. The van der Waals surface area contributed by atoms with Crippen LogP contribution in [0.15, 0.2) is 0 Å². The molecule has 1 atom stereocenters. The topological polar surface area (TPSA) is 29.5 Å². The Hall–Kier alpha value is 0.0499. The van der Waals surface area contributed by atoms with Gasteiger partial charge in [-0.3, -0.25) is 0 Å². The fraction of sp³-hybridized carbons (Fsp3) is 1.00. The summed E-state index contributed by atoms with van der Waals surface area (Å²) in [6, 6.07) is -0.157. The number of aliphatic hydroxyl groups is 1. The highest BCUT2D eigenvalue weighted by atomic mass is 16.5. The molecule has 0 aliphatic rings. The molecule has 4 heteroatoms. The van der Waals surface area contributed by atoms with Crippen LogP contribution in [0, 0.1) is 0 Å². The monoisotopic (exact) mass is 128 g/mol. The van der Waals surface area contributed by atoms with E-state index in [0.717, 1.165) is 20.9 Å². The predicted octanol–water partition coefficient (Wildman–Crippen LogP) is -0.752. The molecular formula is C5H14B2O2. The Morgan fingerprint density at radius 1 is 1.67 bits per heavy atom. The van der Waals surface area contributed by atoms with Crippen molar-refractivity contribution in [2.24, 2.45) is 0 Å². The molecule has 0 aromatic rings. The first-order valence-electron chi connectivity index (χ1n) is 3.48. The minimum absolute atomic E-state index is 0.157. The van der Waals surface area contributed by atoms with Crippen molar-refractivity contribution in [2.45, 2.75) is 19.1 Å². The first-order valence-corrected chi connectivity index (χ1v) is 3.48. The van der Waals surface area contributed by atoms with E-state index >= 15 is 0 Å². The SMILES string of the molecule is CBCC(O)BCOC. The van der Waals surface area contributed by atoms with Crippen molar-refractivity contribution in [3.63, 3.8) is 0 Å². The van der Waals surface area contributed by atoms with E-state index in [1.807, 2.05) is 0 Å². The van der Waals surface area contributed by atoms with Gasteiger partial charge in [-0.2, -0.15) is 0 Å². The lowest BCUT2D eigenvalue weighted by molar-refractivity contribution is 0.230. The van der Waals surface area contributed by atoms with E-state index in [1.165, 1.54) is 0 Å². The largest absolute Gasteiger partial charge is 0.402 e. The number of ether oxygens (including phenoxy) is 1. The summed E-state index contributed by atoms with van der Waals surface area (Å²) in [6.07, 6.45) is 0.892.